The molecule has 0 bridgehead atoms. The Hall–Kier alpha value is -2.09. The Morgan fingerprint density at radius 2 is 1.68 bits per heavy atom. The van der Waals surface area contributed by atoms with E-state index < -0.39 is 16.0 Å². The summed E-state index contributed by atoms with van der Waals surface area (Å²) < 4.78 is 36.1. The average molecular weight is 384 g/mol. The van der Waals surface area contributed by atoms with Crippen LogP contribution in [-0.2, 0) is 10.0 Å². The highest BCUT2D eigenvalue weighted by molar-refractivity contribution is 7.89. The third-order valence-corrected chi connectivity index (χ3v) is 5.57. The Bertz CT molecular complexity index is 863. The predicted molar refractivity (Wildman–Crippen MR) is 94.9 cm³/mol. The van der Waals surface area contributed by atoms with Gasteiger partial charge in [0.1, 0.15) is 16.4 Å². The van der Waals surface area contributed by atoms with Gasteiger partial charge in [0.25, 0.3) is 0 Å². The third kappa shape index (κ3) is 4.50. The number of sulfonamides is 1. The Kier molecular flexibility index (Phi) is 6.05. The van der Waals surface area contributed by atoms with E-state index in [-0.39, 0.29) is 15.5 Å². The molecular weight excluding hydrogens is 366 g/mol. The summed E-state index contributed by atoms with van der Waals surface area (Å²) in [6.45, 7) is 2.40. The van der Waals surface area contributed by atoms with Crippen LogP contribution in [0.3, 0.4) is 0 Å². The van der Waals surface area contributed by atoms with Crippen LogP contribution in [0, 0.1) is 0 Å². The molecule has 0 aliphatic heterocycles. The Balaban J connectivity index is 2.25. The van der Waals surface area contributed by atoms with Gasteiger partial charge in [-0.3, -0.25) is 0 Å². The predicted octanol–water partition coefficient (Wildman–Crippen LogP) is 3.21. The highest BCUT2D eigenvalue weighted by Crippen LogP contribution is 2.26. The van der Waals surface area contributed by atoms with Crippen molar-refractivity contribution in [2.24, 2.45) is 0 Å². The number of carbonyl (C=O) groups excluding carboxylic acids is 1. The average Bonchev–Trinajstić information content (AvgIpc) is 2.57. The molecule has 2 aromatic rings. The van der Waals surface area contributed by atoms with Crippen LogP contribution in [0.25, 0.3) is 0 Å². The fraction of sp³-hybridized carbons (Fsp3) is 0.235. The summed E-state index contributed by atoms with van der Waals surface area (Å²) in [4.78, 5) is 12.1. The third-order valence-electron chi connectivity index (χ3n) is 3.27. The number of halogens is 1. The van der Waals surface area contributed by atoms with Crippen LogP contribution in [0.5, 0.6) is 11.5 Å². The number of carbonyl (C=O) groups is 1. The van der Waals surface area contributed by atoms with Gasteiger partial charge in [-0.25, -0.2) is 17.5 Å². The van der Waals surface area contributed by atoms with Crippen molar-refractivity contribution in [2.75, 3.05) is 20.7 Å². The standard InChI is InChI=1S/C17H18ClNO5S/c1-4-23-13-6-8-14(9-7-13)24-17(20)12-5-10-15(18)16(11-12)25(21,22)19(2)3/h5-11H,4H2,1-3H3. The number of hydrogen-bond donors (Lipinski definition) is 0. The first-order valence-corrected chi connectivity index (χ1v) is 9.24. The van der Waals surface area contributed by atoms with Gasteiger partial charge in [0, 0.05) is 14.1 Å². The van der Waals surface area contributed by atoms with Gasteiger partial charge >= 0.3 is 5.97 Å². The lowest BCUT2D eigenvalue weighted by Gasteiger charge is -2.13. The van der Waals surface area contributed by atoms with Crippen molar-refractivity contribution in [1.29, 1.82) is 0 Å². The molecule has 0 fully saturated rings. The second-order valence-electron chi connectivity index (χ2n) is 5.23. The van der Waals surface area contributed by atoms with Crippen LogP contribution < -0.4 is 9.47 Å². The first-order valence-electron chi connectivity index (χ1n) is 7.43. The van der Waals surface area contributed by atoms with Gasteiger partial charge in [0.15, 0.2) is 0 Å². The number of rotatable bonds is 6. The molecule has 0 spiro atoms. The van der Waals surface area contributed by atoms with Crippen molar-refractivity contribution in [3.63, 3.8) is 0 Å². The summed E-state index contributed by atoms with van der Waals surface area (Å²) in [5.41, 5.74) is 0.0821. The quantitative estimate of drug-likeness (QED) is 0.565. The zero-order valence-corrected chi connectivity index (χ0v) is 15.6. The number of ether oxygens (including phenoxy) is 2. The van der Waals surface area contributed by atoms with Gasteiger partial charge < -0.3 is 9.47 Å². The molecule has 0 heterocycles. The molecule has 0 amide bonds. The van der Waals surface area contributed by atoms with Crippen molar-refractivity contribution in [2.45, 2.75) is 11.8 Å². The van der Waals surface area contributed by atoms with Gasteiger partial charge in [-0.2, -0.15) is 0 Å². The van der Waals surface area contributed by atoms with Crippen molar-refractivity contribution in [3.8, 4) is 11.5 Å². The molecule has 0 aliphatic carbocycles. The normalized spacial score (nSPS) is 11.4. The first-order chi connectivity index (χ1) is 11.8. The van der Waals surface area contributed by atoms with Crippen molar-refractivity contribution in [1.82, 2.24) is 4.31 Å². The van der Waals surface area contributed by atoms with Crippen LogP contribution in [0.4, 0.5) is 0 Å². The van der Waals surface area contributed by atoms with Gasteiger partial charge in [-0.1, -0.05) is 11.6 Å². The summed E-state index contributed by atoms with van der Waals surface area (Å²) in [6.07, 6.45) is 0. The lowest BCUT2D eigenvalue weighted by molar-refractivity contribution is 0.0734. The molecule has 8 heteroatoms. The fourth-order valence-corrected chi connectivity index (χ4v) is 3.36. The Morgan fingerprint density at radius 3 is 2.24 bits per heavy atom. The molecule has 25 heavy (non-hydrogen) atoms. The monoisotopic (exact) mass is 383 g/mol. The van der Waals surface area contributed by atoms with E-state index in [0.717, 1.165) is 4.31 Å². The van der Waals surface area contributed by atoms with E-state index >= 15 is 0 Å². The molecule has 0 N–H and O–H groups in total. The minimum atomic E-state index is -3.77. The summed E-state index contributed by atoms with van der Waals surface area (Å²) in [6, 6.07) is 10.5. The molecule has 134 valence electrons. The molecule has 0 saturated heterocycles. The van der Waals surface area contributed by atoms with Crippen LogP contribution in [0.15, 0.2) is 47.4 Å². The maximum absolute atomic E-state index is 12.3. The number of benzene rings is 2. The SMILES string of the molecule is CCOc1ccc(OC(=O)c2ccc(Cl)c(S(=O)(=O)N(C)C)c2)cc1. The molecular formula is C17H18ClNO5S. The second-order valence-corrected chi connectivity index (χ2v) is 7.75. The summed E-state index contributed by atoms with van der Waals surface area (Å²) >= 11 is 5.96. The van der Waals surface area contributed by atoms with Gasteiger partial charge in [-0.15, -0.1) is 0 Å². The Labute approximate surface area is 152 Å². The van der Waals surface area contributed by atoms with Crippen molar-refractivity contribution < 1.29 is 22.7 Å². The van der Waals surface area contributed by atoms with Gasteiger partial charge in [0.2, 0.25) is 10.0 Å². The zero-order chi connectivity index (χ0) is 18.6. The Morgan fingerprint density at radius 1 is 1.08 bits per heavy atom. The molecule has 2 aromatic carbocycles. The number of hydrogen-bond acceptors (Lipinski definition) is 5. The summed E-state index contributed by atoms with van der Waals surface area (Å²) in [7, 11) is -1.00. The molecule has 0 aromatic heterocycles. The number of esters is 1. The summed E-state index contributed by atoms with van der Waals surface area (Å²) in [5, 5.41) is 0.0336. The lowest BCUT2D eigenvalue weighted by atomic mass is 10.2. The molecule has 6 nitrogen and oxygen atoms in total. The van der Waals surface area contributed by atoms with E-state index in [1.54, 1.807) is 24.3 Å². The first kappa shape index (κ1) is 19.2. The van der Waals surface area contributed by atoms with E-state index in [0.29, 0.717) is 18.1 Å². The molecule has 2 rings (SSSR count). The largest absolute Gasteiger partial charge is 0.494 e. The second kappa shape index (κ2) is 7.86. The van der Waals surface area contributed by atoms with E-state index in [9.17, 15) is 13.2 Å². The van der Waals surface area contributed by atoms with E-state index in [1.165, 1.54) is 32.3 Å². The lowest BCUT2D eigenvalue weighted by Crippen LogP contribution is -2.23. The van der Waals surface area contributed by atoms with E-state index in [2.05, 4.69) is 0 Å². The topological polar surface area (TPSA) is 72.9 Å². The highest BCUT2D eigenvalue weighted by atomic mass is 35.5. The molecule has 0 saturated carbocycles. The number of nitrogens with zero attached hydrogens (tertiary/aromatic N) is 1. The van der Waals surface area contributed by atoms with E-state index in [1.807, 2.05) is 6.92 Å². The molecule has 0 unspecified atom stereocenters. The molecule has 0 radical (unpaired) electrons. The van der Waals surface area contributed by atoms with Gasteiger partial charge in [-0.05, 0) is 49.4 Å². The maximum atomic E-state index is 12.3. The summed E-state index contributed by atoms with van der Waals surface area (Å²) in [5.74, 6) is 0.296. The van der Waals surface area contributed by atoms with Crippen LogP contribution in [0.1, 0.15) is 17.3 Å². The van der Waals surface area contributed by atoms with E-state index in [4.69, 9.17) is 21.1 Å². The van der Waals surface area contributed by atoms with Crippen molar-refractivity contribution in [3.05, 3.63) is 53.1 Å². The smallest absolute Gasteiger partial charge is 0.343 e. The van der Waals surface area contributed by atoms with Crippen LogP contribution >= 0.6 is 11.6 Å². The van der Waals surface area contributed by atoms with Crippen molar-refractivity contribution >= 4 is 27.6 Å². The molecule has 0 atom stereocenters. The highest BCUT2D eigenvalue weighted by Gasteiger charge is 2.23. The minimum Gasteiger partial charge on any atom is -0.494 e. The van der Waals surface area contributed by atoms with Crippen LogP contribution in [-0.4, -0.2) is 39.4 Å². The maximum Gasteiger partial charge on any atom is 0.343 e. The zero-order valence-electron chi connectivity index (χ0n) is 14.0. The van der Waals surface area contributed by atoms with Crippen LogP contribution in [0.2, 0.25) is 5.02 Å². The molecule has 0 aliphatic rings. The minimum absolute atomic E-state index is 0.0336. The van der Waals surface area contributed by atoms with Gasteiger partial charge in [0.05, 0.1) is 17.2 Å². The fourth-order valence-electron chi connectivity index (χ4n) is 1.96.